The molecule has 0 saturated heterocycles. The minimum absolute atomic E-state index is 0.253. The van der Waals surface area contributed by atoms with E-state index in [1.165, 1.54) is 0 Å². The first-order valence-corrected chi connectivity index (χ1v) is 5.76. The lowest BCUT2D eigenvalue weighted by atomic mass is 9.84. The SMILES string of the molecule is C=CC1=CCC(C(=O)OCC)(C(=O)OCC)C1. The Balaban J connectivity index is 2.92. The lowest BCUT2D eigenvalue weighted by molar-refractivity contribution is -0.171. The van der Waals surface area contributed by atoms with E-state index in [0.29, 0.717) is 12.8 Å². The lowest BCUT2D eigenvalue weighted by Gasteiger charge is -2.24. The van der Waals surface area contributed by atoms with Crippen LogP contribution in [0.3, 0.4) is 0 Å². The fraction of sp³-hybridized carbons (Fsp3) is 0.538. The van der Waals surface area contributed by atoms with Gasteiger partial charge in [0, 0.05) is 0 Å². The maximum atomic E-state index is 12.0. The van der Waals surface area contributed by atoms with Gasteiger partial charge in [-0.15, -0.1) is 0 Å². The Morgan fingerprint density at radius 2 is 1.88 bits per heavy atom. The minimum atomic E-state index is -1.20. The molecule has 0 aromatic rings. The van der Waals surface area contributed by atoms with Crippen molar-refractivity contribution in [1.29, 1.82) is 0 Å². The predicted octanol–water partition coefficient (Wildman–Crippen LogP) is 2.01. The number of carbonyl (C=O) groups is 2. The standard InChI is InChI=1S/C13H18O4/c1-4-10-7-8-13(9-10,11(14)16-5-2)12(15)17-6-3/h4,7H,1,5-6,8-9H2,2-3H3. The molecule has 0 heterocycles. The molecular formula is C13H18O4. The van der Waals surface area contributed by atoms with Gasteiger partial charge in [-0.05, 0) is 26.7 Å². The summed E-state index contributed by atoms with van der Waals surface area (Å²) in [6.45, 7) is 7.58. The molecule has 0 aromatic heterocycles. The summed E-state index contributed by atoms with van der Waals surface area (Å²) >= 11 is 0. The Hall–Kier alpha value is -1.58. The highest BCUT2D eigenvalue weighted by Gasteiger charge is 2.50. The second-order valence-corrected chi connectivity index (χ2v) is 3.89. The lowest BCUT2D eigenvalue weighted by Crippen LogP contribution is -2.40. The monoisotopic (exact) mass is 238 g/mol. The van der Waals surface area contributed by atoms with Gasteiger partial charge in [0.15, 0.2) is 5.41 Å². The molecule has 94 valence electrons. The summed E-state index contributed by atoms with van der Waals surface area (Å²) in [7, 11) is 0. The summed E-state index contributed by atoms with van der Waals surface area (Å²) in [5.41, 5.74) is -0.318. The molecule has 4 heteroatoms. The summed E-state index contributed by atoms with van der Waals surface area (Å²) in [6, 6.07) is 0. The predicted molar refractivity (Wildman–Crippen MR) is 63.2 cm³/mol. The Bertz CT molecular complexity index is 336. The molecule has 4 nitrogen and oxygen atoms in total. The third-order valence-corrected chi connectivity index (χ3v) is 2.81. The van der Waals surface area contributed by atoms with Crippen molar-refractivity contribution in [3.05, 3.63) is 24.3 Å². The molecule has 0 unspecified atom stereocenters. The molecule has 0 saturated carbocycles. The van der Waals surface area contributed by atoms with Gasteiger partial charge >= 0.3 is 11.9 Å². The van der Waals surface area contributed by atoms with Gasteiger partial charge in [0.2, 0.25) is 0 Å². The summed E-state index contributed by atoms with van der Waals surface area (Å²) in [5.74, 6) is -1.02. The average Bonchev–Trinajstić information content (AvgIpc) is 2.75. The van der Waals surface area contributed by atoms with Crippen LogP contribution in [0.1, 0.15) is 26.7 Å². The van der Waals surface area contributed by atoms with Gasteiger partial charge in [-0.3, -0.25) is 9.59 Å². The molecule has 0 N–H and O–H groups in total. The minimum Gasteiger partial charge on any atom is -0.465 e. The van der Waals surface area contributed by atoms with Crippen LogP contribution in [0, 0.1) is 5.41 Å². The molecule has 1 aliphatic carbocycles. The first-order chi connectivity index (χ1) is 8.10. The summed E-state index contributed by atoms with van der Waals surface area (Å²) in [5, 5.41) is 0. The zero-order valence-corrected chi connectivity index (χ0v) is 10.3. The smallest absolute Gasteiger partial charge is 0.324 e. The van der Waals surface area contributed by atoms with Crippen molar-refractivity contribution in [2.45, 2.75) is 26.7 Å². The molecule has 0 aliphatic heterocycles. The second kappa shape index (κ2) is 5.66. The van der Waals surface area contributed by atoms with Crippen LogP contribution < -0.4 is 0 Å². The fourth-order valence-corrected chi connectivity index (χ4v) is 1.89. The van der Waals surface area contributed by atoms with Crippen LogP contribution in [0.4, 0.5) is 0 Å². The van der Waals surface area contributed by atoms with Crippen molar-refractivity contribution in [2.75, 3.05) is 13.2 Å². The number of ether oxygens (including phenoxy) is 2. The third-order valence-electron chi connectivity index (χ3n) is 2.81. The number of esters is 2. The normalized spacial score (nSPS) is 17.2. The van der Waals surface area contributed by atoms with Crippen molar-refractivity contribution in [1.82, 2.24) is 0 Å². The van der Waals surface area contributed by atoms with Crippen LogP contribution in [0.25, 0.3) is 0 Å². The maximum Gasteiger partial charge on any atom is 0.324 e. The van der Waals surface area contributed by atoms with Crippen molar-refractivity contribution < 1.29 is 19.1 Å². The molecule has 0 fully saturated rings. The summed E-state index contributed by atoms with van der Waals surface area (Å²) in [4.78, 5) is 23.9. The van der Waals surface area contributed by atoms with Gasteiger partial charge in [0.1, 0.15) is 0 Å². The Labute approximate surface area is 101 Å². The zero-order valence-electron chi connectivity index (χ0n) is 10.3. The fourth-order valence-electron chi connectivity index (χ4n) is 1.89. The van der Waals surface area contributed by atoms with E-state index in [1.54, 1.807) is 19.9 Å². The number of carbonyl (C=O) groups excluding carboxylic acids is 2. The molecule has 0 atom stereocenters. The van der Waals surface area contributed by atoms with Crippen LogP contribution in [0.2, 0.25) is 0 Å². The van der Waals surface area contributed by atoms with Gasteiger partial charge in [-0.25, -0.2) is 0 Å². The highest BCUT2D eigenvalue weighted by Crippen LogP contribution is 2.40. The molecule has 0 amide bonds. The summed E-state index contributed by atoms with van der Waals surface area (Å²) < 4.78 is 9.96. The van der Waals surface area contributed by atoms with Gasteiger partial charge in [0.05, 0.1) is 13.2 Å². The third kappa shape index (κ3) is 2.57. The number of allylic oxidation sites excluding steroid dienone is 3. The van der Waals surface area contributed by atoms with Gasteiger partial charge in [-0.2, -0.15) is 0 Å². The highest BCUT2D eigenvalue weighted by molar-refractivity contribution is 6.01. The van der Waals surface area contributed by atoms with Crippen molar-refractivity contribution in [3.63, 3.8) is 0 Å². The average molecular weight is 238 g/mol. The number of hydrogen-bond acceptors (Lipinski definition) is 4. The van der Waals surface area contributed by atoms with Crippen LogP contribution in [-0.2, 0) is 19.1 Å². The quantitative estimate of drug-likeness (QED) is 0.543. The first kappa shape index (κ1) is 13.5. The van der Waals surface area contributed by atoms with E-state index in [0.717, 1.165) is 5.57 Å². The zero-order chi connectivity index (χ0) is 12.9. The van der Waals surface area contributed by atoms with E-state index < -0.39 is 17.4 Å². The van der Waals surface area contributed by atoms with Crippen LogP contribution in [0.5, 0.6) is 0 Å². The molecule has 0 aromatic carbocycles. The van der Waals surface area contributed by atoms with Crippen LogP contribution in [0.15, 0.2) is 24.3 Å². The van der Waals surface area contributed by atoms with Crippen LogP contribution in [-0.4, -0.2) is 25.2 Å². The van der Waals surface area contributed by atoms with Gasteiger partial charge in [-0.1, -0.05) is 24.3 Å². The van der Waals surface area contributed by atoms with Crippen molar-refractivity contribution >= 4 is 11.9 Å². The van der Waals surface area contributed by atoms with Crippen molar-refractivity contribution in [2.24, 2.45) is 5.41 Å². The van der Waals surface area contributed by atoms with Gasteiger partial charge < -0.3 is 9.47 Å². The highest BCUT2D eigenvalue weighted by atomic mass is 16.6. The molecule has 0 bridgehead atoms. The van der Waals surface area contributed by atoms with E-state index in [4.69, 9.17) is 9.47 Å². The molecule has 0 radical (unpaired) electrons. The molecule has 0 spiro atoms. The largest absolute Gasteiger partial charge is 0.465 e. The van der Waals surface area contributed by atoms with E-state index in [9.17, 15) is 9.59 Å². The molecule has 1 aliphatic rings. The Morgan fingerprint density at radius 1 is 1.35 bits per heavy atom. The number of hydrogen-bond donors (Lipinski definition) is 0. The van der Waals surface area contributed by atoms with Gasteiger partial charge in [0.25, 0.3) is 0 Å². The van der Waals surface area contributed by atoms with Crippen molar-refractivity contribution in [3.8, 4) is 0 Å². The molecule has 1 rings (SSSR count). The van der Waals surface area contributed by atoms with E-state index in [1.807, 2.05) is 6.08 Å². The Kier molecular flexibility index (Phi) is 4.49. The Morgan fingerprint density at radius 3 is 2.24 bits per heavy atom. The van der Waals surface area contributed by atoms with E-state index in [-0.39, 0.29) is 13.2 Å². The van der Waals surface area contributed by atoms with E-state index >= 15 is 0 Å². The molecular weight excluding hydrogens is 220 g/mol. The second-order valence-electron chi connectivity index (χ2n) is 3.89. The number of rotatable bonds is 5. The molecule has 17 heavy (non-hydrogen) atoms. The van der Waals surface area contributed by atoms with E-state index in [2.05, 4.69) is 6.58 Å². The van der Waals surface area contributed by atoms with Crippen LogP contribution >= 0.6 is 0 Å². The summed E-state index contributed by atoms with van der Waals surface area (Å²) in [6.07, 6.45) is 4.13. The first-order valence-electron chi connectivity index (χ1n) is 5.76. The maximum absolute atomic E-state index is 12.0. The topological polar surface area (TPSA) is 52.6 Å².